The number of nitrogen functional groups attached to an aromatic ring is 1. The Labute approximate surface area is 68.1 Å². The van der Waals surface area contributed by atoms with Gasteiger partial charge in [-0.15, -0.1) is 5.10 Å². The fraction of sp³-hybridized carbons (Fsp3) is 0. The minimum absolute atomic E-state index is 0.336. The lowest BCUT2D eigenvalue weighted by atomic mass is 10.6. The average molecular weight is 162 g/mol. The van der Waals surface area contributed by atoms with Crippen molar-refractivity contribution in [1.29, 1.82) is 0 Å². The van der Waals surface area contributed by atoms with Crippen LogP contribution in [0.4, 0.5) is 5.82 Å². The molecule has 2 heterocycles. The van der Waals surface area contributed by atoms with Gasteiger partial charge in [-0.3, -0.25) is 0 Å². The lowest BCUT2D eigenvalue weighted by Crippen LogP contribution is -2.04. The SMILES string of the molecule is Nc1nccnc1-n1ccnn1. The summed E-state index contributed by atoms with van der Waals surface area (Å²) in [5.74, 6) is 0.831. The first-order valence-corrected chi connectivity index (χ1v) is 3.31. The van der Waals surface area contributed by atoms with Crippen LogP contribution in [0.25, 0.3) is 5.82 Å². The topological polar surface area (TPSA) is 82.5 Å². The van der Waals surface area contributed by atoms with E-state index >= 15 is 0 Å². The van der Waals surface area contributed by atoms with E-state index < -0.39 is 0 Å². The molecule has 0 aliphatic rings. The van der Waals surface area contributed by atoms with E-state index in [0.29, 0.717) is 11.6 Å². The summed E-state index contributed by atoms with van der Waals surface area (Å²) in [7, 11) is 0. The molecule has 0 aliphatic carbocycles. The van der Waals surface area contributed by atoms with Gasteiger partial charge in [0.05, 0.1) is 12.4 Å². The Bertz CT molecular complexity index is 367. The second-order valence-electron chi connectivity index (χ2n) is 2.11. The molecule has 2 aromatic heterocycles. The summed E-state index contributed by atoms with van der Waals surface area (Å²) in [6.45, 7) is 0. The van der Waals surface area contributed by atoms with E-state index in [4.69, 9.17) is 5.73 Å². The number of aromatic nitrogens is 5. The van der Waals surface area contributed by atoms with Crippen LogP contribution >= 0.6 is 0 Å². The molecule has 0 radical (unpaired) electrons. The van der Waals surface area contributed by atoms with E-state index in [1.807, 2.05) is 0 Å². The van der Waals surface area contributed by atoms with E-state index in [1.165, 1.54) is 10.9 Å². The van der Waals surface area contributed by atoms with Crippen molar-refractivity contribution < 1.29 is 0 Å². The molecule has 6 heteroatoms. The van der Waals surface area contributed by atoms with Crippen molar-refractivity contribution in [3.8, 4) is 5.82 Å². The smallest absolute Gasteiger partial charge is 0.197 e. The molecule has 6 nitrogen and oxygen atoms in total. The van der Waals surface area contributed by atoms with Gasteiger partial charge in [-0.1, -0.05) is 5.21 Å². The summed E-state index contributed by atoms with van der Waals surface area (Å²) < 4.78 is 1.46. The maximum atomic E-state index is 5.55. The van der Waals surface area contributed by atoms with Crippen LogP contribution in [0.3, 0.4) is 0 Å². The van der Waals surface area contributed by atoms with Crippen LogP contribution < -0.4 is 5.73 Å². The summed E-state index contributed by atoms with van der Waals surface area (Å²) in [6.07, 6.45) is 6.28. The highest BCUT2D eigenvalue weighted by atomic mass is 15.4. The summed E-state index contributed by atoms with van der Waals surface area (Å²) in [6, 6.07) is 0. The van der Waals surface area contributed by atoms with Gasteiger partial charge in [-0.05, 0) is 0 Å². The highest BCUT2D eigenvalue weighted by Gasteiger charge is 2.02. The molecule has 2 rings (SSSR count). The quantitative estimate of drug-likeness (QED) is 0.619. The molecule has 0 amide bonds. The van der Waals surface area contributed by atoms with Gasteiger partial charge in [0.25, 0.3) is 0 Å². The van der Waals surface area contributed by atoms with Crippen LogP contribution in [0.2, 0.25) is 0 Å². The average Bonchev–Trinajstić information content (AvgIpc) is 2.57. The molecule has 0 spiro atoms. The van der Waals surface area contributed by atoms with Gasteiger partial charge in [-0.25, -0.2) is 9.97 Å². The minimum atomic E-state index is 0.336. The standard InChI is InChI=1S/C6H6N6/c7-5-6(9-2-1-8-5)12-4-3-10-11-12/h1-4H,(H2,7,8). The van der Waals surface area contributed by atoms with Gasteiger partial charge >= 0.3 is 0 Å². The van der Waals surface area contributed by atoms with Gasteiger partial charge in [0.15, 0.2) is 11.6 Å². The fourth-order valence-electron chi connectivity index (χ4n) is 0.839. The van der Waals surface area contributed by atoms with Gasteiger partial charge in [0, 0.05) is 12.4 Å². The molecule has 0 aromatic carbocycles. The Morgan fingerprint density at radius 3 is 2.67 bits per heavy atom. The van der Waals surface area contributed by atoms with Crippen molar-refractivity contribution in [2.24, 2.45) is 0 Å². The van der Waals surface area contributed by atoms with Crippen LogP contribution in [-0.4, -0.2) is 25.0 Å². The number of rotatable bonds is 1. The number of hydrogen-bond acceptors (Lipinski definition) is 5. The molecule has 0 unspecified atom stereocenters. The van der Waals surface area contributed by atoms with Crippen LogP contribution in [0.1, 0.15) is 0 Å². The number of nitrogens with zero attached hydrogens (tertiary/aromatic N) is 5. The van der Waals surface area contributed by atoms with Crippen molar-refractivity contribution in [2.45, 2.75) is 0 Å². The molecule has 60 valence electrons. The van der Waals surface area contributed by atoms with Gasteiger partial charge in [0.2, 0.25) is 0 Å². The molecular weight excluding hydrogens is 156 g/mol. The van der Waals surface area contributed by atoms with E-state index in [9.17, 15) is 0 Å². The molecule has 2 N–H and O–H groups in total. The fourth-order valence-corrected chi connectivity index (χ4v) is 0.839. The Hall–Kier alpha value is -1.98. The predicted molar refractivity (Wildman–Crippen MR) is 41.4 cm³/mol. The molecule has 0 bridgehead atoms. The molecule has 0 aliphatic heterocycles. The van der Waals surface area contributed by atoms with E-state index in [0.717, 1.165) is 0 Å². The second-order valence-corrected chi connectivity index (χ2v) is 2.11. The molecule has 0 atom stereocenters. The highest BCUT2D eigenvalue weighted by Crippen LogP contribution is 2.06. The van der Waals surface area contributed by atoms with Crippen molar-refractivity contribution in [1.82, 2.24) is 25.0 Å². The number of anilines is 1. The summed E-state index contributed by atoms with van der Waals surface area (Å²) in [5.41, 5.74) is 5.55. The summed E-state index contributed by atoms with van der Waals surface area (Å²) in [4.78, 5) is 7.86. The third kappa shape index (κ3) is 0.986. The highest BCUT2D eigenvalue weighted by molar-refractivity contribution is 5.44. The first-order chi connectivity index (χ1) is 5.88. The van der Waals surface area contributed by atoms with E-state index in [2.05, 4.69) is 20.3 Å². The van der Waals surface area contributed by atoms with Gasteiger partial charge in [0.1, 0.15) is 0 Å². The molecule has 0 fully saturated rings. The summed E-state index contributed by atoms with van der Waals surface area (Å²) in [5, 5.41) is 7.36. The third-order valence-electron chi connectivity index (χ3n) is 1.35. The Morgan fingerprint density at radius 2 is 2.00 bits per heavy atom. The molecule has 0 saturated heterocycles. The zero-order chi connectivity index (χ0) is 8.39. The lowest BCUT2D eigenvalue weighted by Gasteiger charge is -1.99. The normalized spacial score (nSPS) is 10.0. The Morgan fingerprint density at radius 1 is 1.17 bits per heavy atom. The van der Waals surface area contributed by atoms with Crippen LogP contribution in [0.5, 0.6) is 0 Å². The predicted octanol–water partition coefficient (Wildman–Crippen LogP) is -0.361. The van der Waals surface area contributed by atoms with Crippen LogP contribution in [-0.2, 0) is 0 Å². The molecular formula is C6H6N6. The minimum Gasteiger partial charge on any atom is -0.381 e. The molecule has 0 saturated carbocycles. The van der Waals surface area contributed by atoms with Gasteiger partial charge in [-0.2, -0.15) is 4.68 Å². The van der Waals surface area contributed by atoms with Crippen molar-refractivity contribution in [3.63, 3.8) is 0 Å². The molecule has 2 aromatic rings. The van der Waals surface area contributed by atoms with Crippen LogP contribution in [0, 0.1) is 0 Å². The monoisotopic (exact) mass is 162 g/mol. The zero-order valence-electron chi connectivity index (χ0n) is 6.12. The number of nitrogens with two attached hydrogens (primary N) is 1. The zero-order valence-corrected chi connectivity index (χ0v) is 6.12. The van der Waals surface area contributed by atoms with Crippen molar-refractivity contribution in [3.05, 3.63) is 24.8 Å². The third-order valence-corrected chi connectivity index (χ3v) is 1.35. The summed E-state index contributed by atoms with van der Waals surface area (Å²) >= 11 is 0. The van der Waals surface area contributed by atoms with Crippen molar-refractivity contribution >= 4 is 5.82 Å². The first kappa shape index (κ1) is 6.71. The lowest BCUT2D eigenvalue weighted by molar-refractivity contribution is 0.779. The van der Waals surface area contributed by atoms with Crippen molar-refractivity contribution in [2.75, 3.05) is 5.73 Å². The maximum Gasteiger partial charge on any atom is 0.197 e. The Balaban J connectivity index is 2.55. The maximum absolute atomic E-state index is 5.55. The number of hydrogen-bond donors (Lipinski definition) is 1. The van der Waals surface area contributed by atoms with E-state index in [1.54, 1.807) is 18.6 Å². The molecule has 12 heavy (non-hydrogen) atoms. The van der Waals surface area contributed by atoms with Crippen LogP contribution in [0.15, 0.2) is 24.8 Å². The second kappa shape index (κ2) is 2.57. The van der Waals surface area contributed by atoms with Gasteiger partial charge < -0.3 is 5.73 Å². The largest absolute Gasteiger partial charge is 0.381 e. The van der Waals surface area contributed by atoms with E-state index in [-0.39, 0.29) is 0 Å². The first-order valence-electron chi connectivity index (χ1n) is 3.31. The Kier molecular flexibility index (Phi) is 1.44.